The van der Waals surface area contributed by atoms with E-state index in [0.717, 1.165) is 49.7 Å². The van der Waals surface area contributed by atoms with Gasteiger partial charge in [-0.1, -0.05) is 24.3 Å². The van der Waals surface area contributed by atoms with Gasteiger partial charge in [0.15, 0.2) is 0 Å². The number of aromatic nitrogens is 2. The number of morpholine rings is 1. The Hall–Kier alpha value is -2.97. The van der Waals surface area contributed by atoms with E-state index in [1.807, 2.05) is 42.5 Å². The van der Waals surface area contributed by atoms with E-state index in [9.17, 15) is 4.79 Å². The van der Waals surface area contributed by atoms with Gasteiger partial charge in [0, 0.05) is 31.9 Å². The molecule has 1 aromatic heterocycles. The van der Waals surface area contributed by atoms with Crippen molar-refractivity contribution in [2.24, 2.45) is 0 Å². The van der Waals surface area contributed by atoms with Crippen LogP contribution in [0.3, 0.4) is 0 Å². The topological polar surface area (TPSA) is 92.5 Å². The maximum Gasteiger partial charge on any atom is 0.319 e. The van der Waals surface area contributed by atoms with Crippen molar-refractivity contribution in [3.63, 3.8) is 0 Å². The van der Waals surface area contributed by atoms with Gasteiger partial charge < -0.3 is 15.4 Å². The molecule has 0 unspecified atom stereocenters. The van der Waals surface area contributed by atoms with Gasteiger partial charge in [-0.15, -0.1) is 0 Å². The summed E-state index contributed by atoms with van der Waals surface area (Å²) >= 11 is 0. The number of rotatable bonds is 5. The molecule has 2 N–H and O–H groups in total. The van der Waals surface area contributed by atoms with Gasteiger partial charge in [-0.3, -0.25) is 4.90 Å². The summed E-state index contributed by atoms with van der Waals surface area (Å²) in [5, 5.41) is 13.4. The number of anilines is 1. The fourth-order valence-electron chi connectivity index (χ4n) is 3.07. The van der Waals surface area contributed by atoms with Crippen molar-refractivity contribution in [3.8, 4) is 0 Å². The van der Waals surface area contributed by atoms with Crippen LogP contribution in [0, 0.1) is 0 Å². The van der Waals surface area contributed by atoms with E-state index in [1.165, 1.54) is 0 Å². The summed E-state index contributed by atoms with van der Waals surface area (Å²) in [4.78, 5) is 14.7. The average Bonchev–Trinajstić information content (AvgIpc) is 3.17. The highest BCUT2D eigenvalue weighted by Crippen LogP contribution is 2.18. The van der Waals surface area contributed by atoms with Crippen molar-refractivity contribution in [3.05, 3.63) is 53.6 Å². The number of nitrogens with one attached hydrogen (secondary N) is 2. The quantitative estimate of drug-likeness (QED) is 0.719. The van der Waals surface area contributed by atoms with Crippen molar-refractivity contribution in [1.29, 1.82) is 0 Å². The Morgan fingerprint density at radius 3 is 2.78 bits per heavy atom. The van der Waals surface area contributed by atoms with Crippen LogP contribution in [0.5, 0.6) is 0 Å². The van der Waals surface area contributed by atoms with E-state index < -0.39 is 0 Å². The third-order valence-corrected chi connectivity index (χ3v) is 4.53. The van der Waals surface area contributed by atoms with E-state index in [1.54, 1.807) is 0 Å². The highest BCUT2D eigenvalue weighted by molar-refractivity contribution is 5.90. The van der Waals surface area contributed by atoms with Crippen LogP contribution in [-0.4, -0.2) is 47.5 Å². The molecule has 0 bridgehead atoms. The first-order chi connectivity index (χ1) is 13.3. The molecule has 2 aromatic carbocycles. The molecule has 1 aliphatic rings. The van der Waals surface area contributed by atoms with Crippen molar-refractivity contribution >= 4 is 22.8 Å². The highest BCUT2D eigenvalue weighted by Gasteiger charge is 2.13. The van der Waals surface area contributed by atoms with Crippen molar-refractivity contribution in [2.45, 2.75) is 13.1 Å². The molecule has 140 valence electrons. The van der Waals surface area contributed by atoms with E-state index in [-0.39, 0.29) is 6.03 Å². The summed E-state index contributed by atoms with van der Waals surface area (Å²) in [6, 6.07) is 13.2. The molecule has 2 amide bonds. The van der Waals surface area contributed by atoms with Gasteiger partial charge in [-0.2, -0.15) is 0 Å². The normalized spacial score (nSPS) is 15.0. The first-order valence-corrected chi connectivity index (χ1v) is 8.92. The summed E-state index contributed by atoms with van der Waals surface area (Å²) in [6.07, 6.45) is 0. The second kappa shape index (κ2) is 8.15. The molecule has 1 fully saturated rings. The minimum absolute atomic E-state index is 0.247. The first-order valence-electron chi connectivity index (χ1n) is 8.92. The summed E-state index contributed by atoms with van der Waals surface area (Å²) in [5.41, 5.74) is 4.20. The molecule has 1 saturated heterocycles. The molecule has 27 heavy (non-hydrogen) atoms. The molecule has 0 saturated carbocycles. The van der Waals surface area contributed by atoms with Crippen LogP contribution < -0.4 is 10.6 Å². The Balaban J connectivity index is 1.36. The lowest BCUT2D eigenvalue weighted by Crippen LogP contribution is -2.36. The average molecular weight is 367 g/mol. The maximum absolute atomic E-state index is 12.3. The Kier molecular flexibility index (Phi) is 5.27. The molecule has 1 aliphatic heterocycles. The number of nitrogens with zero attached hydrogens (tertiary/aromatic N) is 3. The van der Waals surface area contributed by atoms with Crippen molar-refractivity contribution < 1.29 is 14.2 Å². The second-order valence-electron chi connectivity index (χ2n) is 6.44. The summed E-state index contributed by atoms with van der Waals surface area (Å²) in [7, 11) is 0. The number of para-hydroxylation sites is 1. The molecule has 3 aromatic rings. The number of benzene rings is 2. The van der Waals surface area contributed by atoms with Gasteiger partial charge in [0.1, 0.15) is 11.0 Å². The van der Waals surface area contributed by atoms with Crippen molar-refractivity contribution in [1.82, 2.24) is 20.5 Å². The highest BCUT2D eigenvalue weighted by atomic mass is 16.6. The van der Waals surface area contributed by atoms with Gasteiger partial charge in [0.25, 0.3) is 0 Å². The van der Waals surface area contributed by atoms with E-state index in [0.29, 0.717) is 17.6 Å². The lowest BCUT2D eigenvalue weighted by Gasteiger charge is -2.27. The minimum Gasteiger partial charge on any atom is -0.379 e. The number of carbonyl (C=O) groups excluding carboxylic acids is 1. The Morgan fingerprint density at radius 2 is 1.89 bits per heavy atom. The minimum atomic E-state index is -0.247. The fraction of sp³-hybridized carbons (Fsp3) is 0.316. The van der Waals surface area contributed by atoms with Crippen LogP contribution >= 0.6 is 0 Å². The number of fused-ring (bicyclic) bond motifs is 1. The largest absolute Gasteiger partial charge is 0.379 e. The molecule has 8 heteroatoms. The molecule has 0 aliphatic carbocycles. The van der Waals surface area contributed by atoms with Crippen LogP contribution in [0.25, 0.3) is 11.0 Å². The van der Waals surface area contributed by atoms with Gasteiger partial charge >= 0.3 is 6.03 Å². The van der Waals surface area contributed by atoms with Gasteiger partial charge in [0.05, 0.1) is 13.2 Å². The third-order valence-electron chi connectivity index (χ3n) is 4.53. The summed E-state index contributed by atoms with van der Waals surface area (Å²) in [6.45, 7) is 4.48. The fourth-order valence-corrected chi connectivity index (χ4v) is 3.07. The van der Waals surface area contributed by atoms with Crippen LogP contribution in [0.1, 0.15) is 11.1 Å². The smallest absolute Gasteiger partial charge is 0.319 e. The number of hydrogen-bond donors (Lipinski definition) is 2. The maximum atomic E-state index is 12.3. The Morgan fingerprint density at radius 1 is 1.07 bits per heavy atom. The number of urea groups is 1. The number of hydrogen-bond acceptors (Lipinski definition) is 6. The lowest BCUT2D eigenvalue weighted by molar-refractivity contribution is 0.0343. The second-order valence-corrected chi connectivity index (χ2v) is 6.44. The predicted octanol–water partition coefficient (Wildman–Crippen LogP) is 2.38. The van der Waals surface area contributed by atoms with Gasteiger partial charge in [0.2, 0.25) is 0 Å². The predicted molar refractivity (Wildman–Crippen MR) is 100 cm³/mol. The summed E-state index contributed by atoms with van der Waals surface area (Å²) in [5.74, 6) is 0. The van der Waals surface area contributed by atoms with E-state index in [4.69, 9.17) is 4.74 Å². The molecule has 0 radical (unpaired) electrons. The molecule has 2 heterocycles. The molecular weight excluding hydrogens is 346 g/mol. The number of carbonyl (C=O) groups is 1. The van der Waals surface area contributed by atoms with Crippen LogP contribution in [-0.2, 0) is 17.8 Å². The van der Waals surface area contributed by atoms with E-state index >= 15 is 0 Å². The zero-order chi connectivity index (χ0) is 18.5. The zero-order valence-corrected chi connectivity index (χ0v) is 14.9. The standard InChI is InChI=1S/C19H21N5O3/c25-19(20-12-14-5-6-17-18(11-14)23-27-22-17)21-16-4-2-1-3-15(16)13-24-7-9-26-10-8-24/h1-6,11H,7-10,12-13H2,(H2,20,21,25). The van der Waals surface area contributed by atoms with Crippen LogP contribution in [0.15, 0.2) is 47.1 Å². The molecule has 8 nitrogen and oxygen atoms in total. The monoisotopic (exact) mass is 367 g/mol. The molecule has 4 rings (SSSR count). The molecule has 0 atom stereocenters. The first kappa shape index (κ1) is 17.4. The van der Waals surface area contributed by atoms with Crippen LogP contribution in [0.4, 0.5) is 10.5 Å². The van der Waals surface area contributed by atoms with Crippen LogP contribution in [0.2, 0.25) is 0 Å². The number of amides is 2. The Bertz CT molecular complexity index is 920. The van der Waals surface area contributed by atoms with Crippen molar-refractivity contribution in [2.75, 3.05) is 31.6 Å². The van der Waals surface area contributed by atoms with Gasteiger partial charge in [-0.25, -0.2) is 9.42 Å². The number of ether oxygens (including phenoxy) is 1. The SMILES string of the molecule is O=C(NCc1ccc2nonc2c1)Nc1ccccc1CN1CCOCC1. The van der Waals surface area contributed by atoms with E-state index in [2.05, 4.69) is 30.5 Å². The Labute approximate surface area is 156 Å². The zero-order valence-electron chi connectivity index (χ0n) is 14.9. The molecular formula is C19H21N5O3. The van der Waals surface area contributed by atoms with Gasteiger partial charge in [-0.05, 0) is 39.6 Å². The molecule has 0 spiro atoms. The summed E-state index contributed by atoms with van der Waals surface area (Å²) < 4.78 is 10.1. The lowest BCUT2D eigenvalue weighted by atomic mass is 10.1. The third kappa shape index (κ3) is 4.42.